The van der Waals surface area contributed by atoms with Crippen molar-refractivity contribution in [2.45, 2.75) is 19.8 Å². The number of hydrogen-bond donors (Lipinski definition) is 0. The number of hydrogen-bond acceptors (Lipinski definition) is 0. The first-order valence-electron chi connectivity index (χ1n) is 4.49. The van der Waals surface area contributed by atoms with Crippen molar-refractivity contribution < 1.29 is 0 Å². The summed E-state index contributed by atoms with van der Waals surface area (Å²) >= 11 is 0. The van der Waals surface area contributed by atoms with Crippen molar-refractivity contribution >= 4 is 5.57 Å². The zero-order chi connectivity index (χ0) is 8.39. The van der Waals surface area contributed by atoms with Gasteiger partial charge < -0.3 is 0 Å². The fourth-order valence-electron chi connectivity index (χ4n) is 1.79. The van der Waals surface area contributed by atoms with Crippen molar-refractivity contribution in [3.8, 4) is 0 Å². The van der Waals surface area contributed by atoms with Crippen LogP contribution in [0.4, 0.5) is 0 Å². The van der Waals surface area contributed by atoms with Gasteiger partial charge in [0.1, 0.15) is 5.57 Å². The van der Waals surface area contributed by atoms with Crippen LogP contribution < -0.4 is 0 Å². The van der Waals surface area contributed by atoms with E-state index in [4.69, 9.17) is 0 Å². The smallest absolute Gasteiger partial charge is 0.0596 e. The van der Waals surface area contributed by atoms with Crippen LogP contribution in [-0.4, -0.2) is 0 Å². The van der Waals surface area contributed by atoms with E-state index in [1.165, 1.54) is 29.5 Å². The van der Waals surface area contributed by atoms with E-state index >= 15 is 0 Å². The zero-order valence-corrected chi connectivity index (χ0v) is 7.38. The largest absolute Gasteiger partial charge is 0.132 e. The van der Waals surface area contributed by atoms with Crippen molar-refractivity contribution in [3.63, 3.8) is 0 Å². The summed E-state index contributed by atoms with van der Waals surface area (Å²) < 4.78 is 0. The molecule has 12 heavy (non-hydrogen) atoms. The normalized spacial score (nSPS) is 14.9. The lowest BCUT2D eigenvalue weighted by Crippen LogP contribution is -1.98. The van der Waals surface area contributed by atoms with Crippen LogP contribution >= 0.6 is 0 Å². The van der Waals surface area contributed by atoms with Crippen LogP contribution in [0.15, 0.2) is 30.3 Å². The molecule has 60 valence electrons. The molecule has 0 spiro atoms. The second-order valence-corrected chi connectivity index (χ2v) is 3.14. The number of aryl methyl sites for hydroxylation is 1. The molecule has 0 aromatic heterocycles. The Morgan fingerprint density at radius 1 is 1.25 bits per heavy atom. The molecule has 0 unspecified atom stereocenters. The molecule has 0 heterocycles. The Balaban J connectivity index is 2.48. The van der Waals surface area contributed by atoms with Crippen LogP contribution in [0.3, 0.4) is 0 Å². The predicted molar refractivity (Wildman–Crippen MR) is 52.7 cm³/mol. The molecule has 0 aliphatic heterocycles. The van der Waals surface area contributed by atoms with E-state index in [-0.39, 0.29) is 0 Å². The van der Waals surface area contributed by atoms with Crippen LogP contribution in [0.2, 0.25) is 0 Å². The zero-order valence-electron chi connectivity index (χ0n) is 7.38. The minimum Gasteiger partial charge on any atom is -0.0596 e. The van der Waals surface area contributed by atoms with Gasteiger partial charge >= 0.3 is 0 Å². The summed E-state index contributed by atoms with van der Waals surface area (Å²) in [6.45, 7) is 2.11. The summed E-state index contributed by atoms with van der Waals surface area (Å²) in [4.78, 5) is 0. The summed E-state index contributed by atoms with van der Waals surface area (Å²) in [5.41, 5.74) is 4.32. The number of fused-ring (bicyclic) bond motifs is 1. The van der Waals surface area contributed by atoms with E-state index < -0.39 is 0 Å². The lowest BCUT2D eigenvalue weighted by Gasteiger charge is -2.07. The molecule has 0 fully saturated rings. The quantitative estimate of drug-likeness (QED) is 0.549. The van der Waals surface area contributed by atoms with Gasteiger partial charge in [0.2, 0.25) is 0 Å². The minimum absolute atomic E-state index is 1.19. The summed E-state index contributed by atoms with van der Waals surface area (Å²) in [7, 11) is 0. The number of rotatable bonds is 1. The summed E-state index contributed by atoms with van der Waals surface area (Å²) in [5, 5.41) is 0. The van der Waals surface area contributed by atoms with Gasteiger partial charge in [-0.15, -0.1) is 0 Å². The summed E-state index contributed by atoms with van der Waals surface area (Å²) in [5.74, 6) is 0. The highest BCUT2D eigenvalue weighted by Crippen LogP contribution is 2.27. The summed E-state index contributed by atoms with van der Waals surface area (Å²) in [6, 6.07) is 8.67. The average Bonchev–Trinajstić information content (AvgIpc) is 2.17. The molecular weight excluding hydrogens is 144 g/mol. The minimum atomic E-state index is 1.19. The maximum atomic E-state index is 2.32. The molecule has 2 rings (SSSR count). The van der Waals surface area contributed by atoms with Crippen molar-refractivity contribution in [3.05, 3.63) is 47.9 Å². The third kappa shape index (κ3) is 1.14. The fourth-order valence-corrected chi connectivity index (χ4v) is 1.79. The van der Waals surface area contributed by atoms with E-state index in [1.54, 1.807) is 0 Å². The van der Waals surface area contributed by atoms with Crippen LogP contribution in [0.25, 0.3) is 5.57 Å². The third-order valence-corrected chi connectivity index (χ3v) is 2.42. The van der Waals surface area contributed by atoms with Crippen molar-refractivity contribution in [1.82, 2.24) is 0 Å². The topological polar surface area (TPSA) is 0 Å². The average molecular weight is 157 g/mol. The van der Waals surface area contributed by atoms with Gasteiger partial charge in [0.25, 0.3) is 0 Å². The summed E-state index contributed by atoms with van der Waals surface area (Å²) in [6.07, 6.45) is 6.91. The van der Waals surface area contributed by atoms with Gasteiger partial charge in [-0.3, -0.25) is 0 Å². The molecule has 0 amide bonds. The highest BCUT2D eigenvalue weighted by atomic mass is 14.1. The first kappa shape index (κ1) is 7.48. The lowest BCUT2D eigenvalue weighted by atomic mass is 9.90. The van der Waals surface area contributed by atoms with E-state index in [2.05, 4.69) is 43.7 Å². The first-order valence-corrected chi connectivity index (χ1v) is 4.49. The highest BCUT2D eigenvalue weighted by Gasteiger charge is 2.17. The van der Waals surface area contributed by atoms with Gasteiger partial charge in [0.05, 0.1) is 5.56 Å². The van der Waals surface area contributed by atoms with Crippen molar-refractivity contribution in [2.24, 2.45) is 0 Å². The predicted octanol–water partition coefficient (Wildman–Crippen LogP) is 3.24. The highest BCUT2D eigenvalue weighted by molar-refractivity contribution is 5.74. The maximum absolute atomic E-state index is 2.32. The standard InChI is InChI=1S/C12H13/c1-2-10-7-5-8-11-6-3-4-9-12(10)11/h2-4,6-7,9H,5,8H2,1H3/q+1. The monoisotopic (exact) mass is 157 g/mol. The fraction of sp³-hybridized carbons (Fsp3) is 0.250. The molecule has 0 bridgehead atoms. The van der Waals surface area contributed by atoms with Crippen molar-refractivity contribution in [2.75, 3.05) is 0 Å². The molecule has 0 heteroatoms. The molecule has 1 aromatic rings. The first-order chi connectivity index (χ1) is 5.92. The van der Waals surface area contributed by atoms with Crippen LogP contribution in [0, 0.1) is 6.42 Å². The molecule has 0 nitrogen and oxygen atoms in total. The number of allylic oxidation sites excluding steroid dienone is 2. The van der Waals surface area contributed by atoms with E-state index in [9.17, 15) is 0 Å². The van der Waals surface area contributed by atoms with Gasteiger partial charge in [-0.2, -0.15) is 0 Å². The molecule has 1 aliphatic carbocycles. The van der Waals surface area contributed by atoms with Crippen LogP contribution in [0.5, 0.6) is 0 Å². The van der Waals surface area contributed by atoms with Gasteiger partial charge in [-0.05, 0) is 12.1 Å². The molecule has 0 N–H and O–H groups in total. The second kappa shape index (κ2) is 3.06. The molecule has 1 aliphatic rings. The third-order valence-electron chi connectivity index (χ3n) is 2.42. The molecule has 0 saturated carbocycles. The van der Waals surface area contributed by atoms with E-state index in [1.807, 2.05) is 0 Å². The second-order valence-electron chi connectivity index (χ2n) is 3.14. The van der Waals surface area contributed by atoms with Crippen LogP contribution in [-0.2, 0) is 6.42 Å². The van der Waals surface area contributed by atoms with Crippen LogP contribution in [0.1, 0.15) is 24.5 Å². The Hall–Kier alpha value is -1.17. The van der Waals surface area contributed by atoms with Gasteiger partial charge in [0.15, 0.2) is 0 Å². The molecule has 0 radical (unpaired) electrons. The molecular formula is C12H13+. The van der Waals surface area contributed by atoms with Gasteiger partial charge in [-0.25, -0.2) is 0 Å². The Kier molecular flexibility index (Phi) is 1.91. The Morgan fingerprint density at radius 2 is 2.08 bits per heavy atom. The Morgan fingerprint density at radius 3 is 2.92 bits per heavy atom. The molecule has 0 saturated heterocycles. The molecule has 0 atom stereocenters. The SMILES string of the molecule is C[CH+]C1=CCCc2ccccc21. The van der Waals surface area contributed by atoms with Gasteiger partial charge in [-0.1, -0.05) is 6.07 Å². The Labute approximate surface area is 73.9 Å². The Bertz CT molecular complexity index is 308. The van der Waals surface area contributed by atoms with E-state index in [0.717, 1.165) is 0 Å². The van der Waals surface area contributed by atoms with E-state index in [0.29, 0.717) is 0 Å². The molecule has 1 aromatic carbocycles. The lowest BCUT2D eigenvalue weighted by molar-refractivity contribution is 0.976. The van der Waals surface area contributed by atoms with Crippen molar-refractivity contribution in [1.29, 1.82) is 0 Å². The maximum Gasteiger partial charge on any atom is 0.132 e. The number of benzene rings is 1. The van der Waals surface area contributed by atoms with Gasteiger partial charge in [0, 0.05) is 43.9 Å².